The van der Waals surface area contributed by atoms with Gasteiger partial charge in [0.1, 0.15) is 30.2 Å². The van der Waals surface area contributed by atoms with E-state index in [0.717, 1.165) is 0 Å². The van der Waals surface area contributed by atoms with Crippen molar-refractivity contribution in [3.8, 4) is 0 Å². The minimum atomic E-state index is -1.23. The van der Waals surface area contributed by atoms with Crippen molar-refractivity contribution in [1.82, 2.24) is 26.6 Å². The standard InChI is InChI=1S/C35H71N15O7/c1-21(2)27(33(56)57)50-32(55)25(14-5-8-18-38)48-31(54)26(15-10-20-45-35(42)43)49-30(53)24(13-4-7-17-37)47-29(52)23(12-3-6-16-36)46-28(51)22(39)11-9-19-44-34(40)41/h21-27H,3-20,36-39H2,1-2H3,(H,46,51)(H,47,52)(H,48,54)(H,49,53)(H,50,55)(H,56,57)(H4,40,41,44)(H4,42,43,45)/t22-,23-,24-,25-,26-,27-/m0/s1. The molecule has 0 aliphatic carbocycles. The fraction of sp³-hybridized carbons (Fsp3) is 0.771. The quantitative estimate of drug-likeness (QED) is 0.0175. The number of rotatable bonds is 32. The Bertz CT molecular complexity index is 1290. The van der Waals surface area contributed by atoms with Gasteiger partial charge in [0.05, 0.1) is 6.04 Å². The van der Waals surface area contributed by atoms with E-state index in [9.17, 15) is 33.9 Å². The molecule has 5 amide bonds. The van der Waals surface area contributed by atoms with Gasteiger partial charge < -0.3 is 77.6 Å². The Morgan fingerprint density at radius 3 is 1.12 bits per heavy atom. The summed E-state index contributed by atoms with van der Waals surface area (Å²) in [4.78, 5) is 87.6. The van der Waals surface area contributed by atoms with Gasteiger partial charge in [0.15, 0.2) is 11.9 Å². The third kappa shape index (κ3) is 23.8. The molecule has 6 atom stereocenters. The van der Waals surface area contributed by atoms with Crippen LogP contribution in [0.3, 0.4) is 0 Å². The molecule has 0 fully saturated rings. The van der Waals surface area contributed by atoms with Gasteiger partial charge in [-0.15, -0.1) is 0 Å². The van der Waals surface area contributed by atoms with Crippen LogP contribution in [0.1, 0.15) is 97.3 Å². The smallest absolute Gasteiger partial charge is 0.326 e. The molecular weight excluding hydrogens is 742 g/mol. The maximum Gasteiger partial charge on any atom is 0.326 e. The summed E-state index contributed by atoms with van der Waals surface area (Å²) in [6, 6.07) is -6.79. The highest BCUT2D eigenvalue weighted by Gasteiger charge is 2.33. The van der Waals surface area contributed by atoms with Gasteiger partial charge in [-0.2, -0.15) is 0 Å². The molecule has 0 aromatic rings. The van der Waals surface area contributed by atoms with Crippen LogP contribution in [0.2, 0.25) is 0 Å². The van der Waals surface area contributed by atoms with E-state index in [4.69, 9.17) is 45.9 Å². The Hall–Kier alpha value is -4.80. The number of aliphatic carboxylic acids is 1. The van der Waals surface area contributed by atoms with Crippen LogP contribution in [-0.4, -0.2) is 122 Å². The summed E-state index contributed by atoms with van der Waals surface area (Å²) in [5.41, 5.74) is 44.7. The van der Waals surface area contributed by atoms with Gasteiger partial charge in [-0.05, 0) is 109 Å². The van der Waals surface area contributed by atoms with E-state index < -0.39 is 77.7 Å². The highest BCUT2D eigenvalue weighted by molar-refractivity contribution is 5.96. The van der Waals surface area contributed by atoms with Crippen LogP contribution in [0, 0.1) is 5.92 Å². The summed E-state index contributed by atoms with van der Waals surface area (Å²) in [6.07, 6.45) is 4.40. The summed E-state index contributed by atoms with van der Waals surface area (Å²) in [5, 5.41) is 22.9. The second-order valence-corrected chi connectivity index (χ2v) is 14.2. The summed E-state index contributed by atoms with van der Waals surface area (Å²) >= 11 is 0. The van der Waals surface area contributed by atoms with Gasteiger partial charge in [-0.25, -0.2) is 4.79 Å². The van der Waals surface area contributed by atoms with Crippen LogP contribution < -0.4 is 72.5 Å². The normalized spacial score (nSPS) is 14.2. The number of hydrogen-bond acceptors (Lipinski definition) is 12. The zero-order valence-electron chi connectivity index (χ0n) is 33.7. The molecule has 0 aliphatic heterocycles. The van der Waals surface area contributed by atoms with Crippen molar-refractivity contribution >= 4 is 47.4 Å². The number of nitrogens with two attached hydrogens (primary N) is 8. The number of hydrogen-bond donors (Lipinski definition) is 14. The lowest BCUT2D eigenvalue weighted by molar-refractivity contribution is -0.143. The topological polar surface area (TPSA) is 416 Å². The number of amides is 5. The number of nitrogens with zero attached hydrogens (tertiary/aromatic N) is 2. The monoisotopic (exact) mass is 814 g/mol. The first-order valence-corrected chi connectivity index (χ1v) is 19.7. The van der Waals surface area contributed by atoms with Crippen molar-refractivity contribution in [2.24, 2.45) is 61.8 Å². The Morgan fingerprint density at radius 2 is 0.807 bits per heavy atom. The van der Waals surface area contributed by atoms with Crippen LogP contribution in [0.4, 0.5) is 0 Å². The van der Waals surface area contributed by atoms with E-state index in [1.54, 1.807) is 13.8 Å². The predicted octanol–water partition coefficient (Wildman–Crippen LogP) is -4.03. The number of unbranched alkanes of at least 4 members (excludes halogenated alkanes) is 3. The maximum absolute atomic E-state index is 13.9. The minimum absolute atomic E-state index is 0.0253. The highest BCUT2D eigenvalue weighted by atomic mass is 16.4. The van der Waals surface area contributed by atoms with Crippen molar-refractivity contribution in [1.29, 1.82) is 0 Å². The SMILES string of the molecule is CC(C)[C@H](NC(=O)[C@H](CCCCN)NC(=O)[C@H](CCCN=C(N)N)NC(=O)[C@H](CCCCN)NC(=O)[C@H](CCCCN)NC(=O)[C@@H](N)CCCN=C(N)N)C(=O)O. The molecule has 0 heterocycles. The molecule has 22 heteroatoms. The van der Waals surface area contributed by atoms with Crippen molar-refractivity contribution in [3.63, 3.8) is 0 Å². The first kappa shape index (κ1) is 52.2. The lowest BCUT2D eigenvalue weighted by Crippen LogP contribution is -2.59. The van der Waals surface area contributed by atoms with E-state index in [1.807, 2.05) is 0 Å². The number of aliphatic imine (C=N–C) groups is 2. The largest absolute Gasteiger partial charge is 0.480 e. The van der Waals surface area contributed by atoms with Gasteiger partial charge in [-0.1, -0.05) is 13.8 Å². The third-order valence-corrected chi connectivity index (χ3v) is 8.85. The average molecular weight is 814 g/mol. The zero-order chi connectivity index (χ0) is 43.3. The van der Waals surface area contributed by atoms with Gasteiger partial charge >= 0.3 is 5.97 Å². The average Bonchev–Trinajstić information content (AvgIpc) is 3.14. The van der Waals surface area contributed by atoms with E-state index in [1.165, 1.54) is 0 Å². The molecule has 0 spiro atoms. The lowest BCUT2D eigenvalue weighted by atomic mass is 10.0. The number of guanidine groups is 2. The minimum Gasteiger partial charge on any atom is -0.480 e. The van der Waals surface area contributed by atoms with Crippen LogP contribution in [0.5, 0.6) is 0 Å². The summed E-state index contributed by atoms with van der Waals surface area (Å²) < 4.78 is 0. The van der Waals surface area contributed by atoms with Crippen molar-refractivity contribution in [2.75, 3.05) is 32.7 Å². The van der Waals surface area contributed by atoms with Crippen LogP contribution in [-0.2, 0) is 28.8 Å². The van der Waals surface area contributed by atoms with Gasteiger partial charge in [0.25, 0.3) is 0 Å². The molecule has 0 bridgehead atoms. The van der Waals surface area contributed by atoms with Gasteiger partial charge in [-0.3, -0.25) is 34.0 Å². The molecule has 57 heavy (non-hydrogen) atoms. The first-order valence-electron chi connectivity index (χ1n) is 19.7. The van der Waals surface area contributed by atoms with E-state index in [-0.39, 0.29) is 63.5 Å². The molecule has 0 saturated carbocycles. The van der Waals surface area contributed by atoms with Crippen molar-refractivity contribution < 1.29 is 33.9 Å². The number of carboxylic acids is 1. The summed E-state index contributed by atoms with van der Waals surface area (Å²) in [7, 11) is 0. The lowest BCUT2D eigenvalue weighted by Gasteiger charge is -2.27. The Morgan fingerprint density at radius 1 is 0.491 bits per heavy atom. The number of carbonyl (C=O) groups excluding carboxylic acids is 5. The Balaban J connectivity index is 6.37. The van der Waals surface area contributed by atoms with Crippen LogP contribution in [0.25, 0.3) is 0 Å². The molecule has 0 aliphatic rings. The molecule has 328 valence electrons. The molecule has 0 rings (SSSR count). The van der Waals surface area contributed by atoms with E-state index in [0.29, 0.717) is 64.6 Å². The maximum atomic E-state index is 13.9. The first-order chi connectivity index (χ1) is 27.0. The zero-order valence-corrected chi connectivity index (χ0v) is 33.7. The molecule has 0 aromatic heterocycles. The molecule has 0 aromatic carbocycles. The molecule has 0 unspecified atom stereocenters. The fourth-order valence-corrected chi connectivity index (χ4v) is 5.57. The fourth-order valence-electron chi connectivity index (χ4n) is 5.57. The number of carboxylic acid groups (broad SMARTS) is 1. The Kier molecular flexibility index (Phi) is 27.8. The summed E-state index contributed by atoms with van der Waals surface area (Å²) in [5.74, 6) is -5.32. The van der Waals surface area contributed by atoms with Gasteiger partial charge in [0, 0.05) is 13.1 Å². The molecule has 22 N–H and O–H groups in total. The third-order valence-electron chi connectivity index (χ3n) is 8.85. The molecule has 22 nitrogen and oxygen atoms in total. The molecule has 0 radical (unpaired) electrons. The molecule has 0 saturated heterocycles. The van der Waals surface area contributed by atoms with E-state index in [2.05, 4.69) is 36.6 Å². The van der Waals surface area contributed by atoms with Gasteiger partial charge in [0.2, 0.25) is 29.5 Å². The van der Waals surface area contributed by atoms with E-state index >= 15 is 0 Å². The van der Waals surface area contributed by atoms with Crippen LogP contribution in [0.15, 0.2) is 9.98 Å². The Labute approximate surface area is 335 Å². The summed E-state index contributed by atoms with van der Waals surface area (Å²) in [6.45, 7) is 4.67. The van der Waals surface area contributed by atoms with Crippen molar-refractivity contribution in [3.05, 3.63) is 0 Å². The van der Waals surface area contributed by atoms with Crippen molar-refractivity contribution in [2.45, 2.75) is 134 Å². The number of nitrogens with one attached hydrogen (secondary N) is 5. The molecular formula is C35H71N15O7. The van der Waals surface area contributed by atoms with Crippen LogP contribution >= 0.6 is 0 Å². The number of carbonyl (C=O) groups is 6. The second-order valence-electron chi connectivity index (χ2n) is 14.2. The highest BCUT2D eigenvalue weighted by Crippen LogP contribution is 2.10. The second kappa shape index (κ2) is 30.4. The predicted molar refractivity (Wildman–Crippen MR) is 219 cm³/mol.